The summed E-state index contributed by atoms with van der Waals surface area (Å²) in [7, 11) is 0. The average Bonchev–Trinajstić information content (AvgIpc) is 2.70. The average molecular weight is 236 g/mol. The van der Waals surface area contributed by atoms with Crippen LogP contribution in [0.25, 0.3) is 0 Å². The van der Waals surface area contributed by atoms with Crippen LogP contribution >= 0.6 is 11.8 Å². The van der Waals surface area contributed by atoms with E-state index in [2.05, 4.69) is 19.9 Å². The molecule has 0 aliphatic rings. The zero-order valence-electron chi connectivity index (χ0n) is 8.34. The van der Waals surface area contributed by atoms with Crippen molar-refractivity contribution in [3.63, 3.8) is 0 Å². The molecule has 2 rings (SSSR count). The molecule has 16 heavy (non-hydrogen) atoms. The molecule has 0 radical (unpaired) electrons. The second kappa shape index (κ2) is 4.31. The van der Waals surface area contributed by atoms with Crippen LogP contribution < -0.4 is 0 Å². The summed E-state index contributed by atoms with van der Waals surface area (Å²) in [5.41, 5.74) is 0.556. The Bertz CT molecular complexity index is 512. The molecular weight excluding hydrogens is 228 g/mol. The maximum Gasteiger partial charge on any atom is 0.339 e. The van der Waals surface area contributed by atoms with Gasteiger partial charge in [-0.2, -0.15) is 0 Å². The lowest BCUT2D eigenvalue weighted by Gasteiger charge is -2.01. The summed E-state index contributed by atoms with van der Waals surface area (Å²) < 4.78 is 0. The Morgan fingerprint density at radius 2 is 2.31 bits per heavy atom. The maximum atomic E-state index is 10.7. The molecule has 0 spiro atoms. The number of hydrogen-bond acceptors (Lipinski definition) is 5. The fourth-order valence-electron chi connectivity index (χ4n) is 1.10. The van der Waals surface area contributed by atoms with Crippen LogP contribution in [0.2, 0.25) is 0 Å². The van der Waals surface area contributed by atoms with Crippen molar-refractivity contribution in [3.8, 4) is 0 Å². The van der Waals surface area contributed by atoms with Crippen molar-refractivity contribution in [2.75, 3.05) is 0 Å². The van der Waals surface area contributed by atoms with E-state index in [4.69, 9.17) is 5.11 Å². The number of nitrogens with zero attached hydrogens (tertiary/aromatic N) is 3. The molecule has 0 fully saturated rings. The van der Waals surface area contributed by atoms with Crippen molar-refractivity contribution in [3.05, 3.63) is 29.8 Å². The van der Waals surface area contributed by atoms with E-state index in [1.807, 2.05) is 0 Å². The first-order valence-corrected chi connectivity index (χ1v) is 5.22. The Hall–Kier alpha value is -1.89. The van der Waals surface area contributed by atoms with Gasteiger partial charge >= 0.3 is 5.97 Å². The number of hydrogen-bond donors (Lipinski definition) is 2. The first kappa shape index (κ1) is 10.6. The van der Waals surface area contributed by atoms with E-state index in [9.17, 15) is 4.79 Å². The van der Waals surface area contributed by atoms with Gasteiger partial charge in [0.15, 0.2) is 10.3 Å². The minimum atomic E-state index is -1.02. The molecule has 2 heterocycles. The van der Waals surface area contributed by atoms with E-state index in [1.165, 1.54) is 18.0 Å². The van der Waals surface area contributed by atoms with Gasteiger partial charge in [-0.15, -0.1) is 0 Å². The van der Waals surface area contributed by atoms with Crippen LogP contribution in [0.15, 0.2) is 28.9 Å². The van der Waals surface area contributed by atoms with Gasteiger partial charge in [0.25, 0.3) is 0 Å². The molecule has 2 aromatic rings. The van der Waals surface area contributed by atoms with Crippen molar-refractivity contribution < 1.29 is 9.90 Å². The highest BCUT2D eigenvalue weighted by molar-refractivity contribution is 7.99. The zero-order valence-corrected chi connectivity index (χ0v) is 9.15. The van der Waals surface area contributed by atoms with Crippen LogP contribution in [-0.4, -0.2) is 31.0 Å². The standard InChI is InChI=1S/C9H8N4O2S/c1-5-6(7(14)15)4-12-9(13-5)16-8-10-2-3-11-8/h2-4H,1H3,(H,10,11)(H,14,15). The van der Waals surface area contributed by atoms with E-state index in [1.54, 1.807) is 19.3 Å². The fourth-order valence-corrected chi connectivity index (χ4v) is 1.80. The lowest BCUT2D eigenvalue weighted by Crippen LogP contribution is -2.03. The van der Waals surface area contributed by atoms with Gasteiger partial charge in [0.1, 0.15) is 0 Å². The quantitative estimate of drug-likeness (QED) is 0.782. The number of rotatable bonds is 3. The highest BCUT2D eigenvalue weighted by Crippen LogP contribution is 2.20. The molecule has 0 unspecified atom stereocenters. The van der Waals surface area contributed by atoms with Gasteiger partial charge in [0, 0.05) is 18.6 Å². The lowest BCUT2D eigenvalue weighted by atomic mass is 10.2. The lowest BCUT2D eigenvalue weighted by molar-refractivity contribution is 0.0695. The van der Waals surface area contributed by atoms with E-state index in [-0.39, 0.29) is 5.56 Å². The summed E-state index contributed by atoms with van der Waals surface area (Å²) in [4.78, 5) is 25.7. The van der Waals surface area contributed by atoms with Gasteiger partial charge in [-0.3, -0.25) is 0 Å². The van der Waals surface area contributed by atoms with E-state index < -0.39 is 5.97 Å². The van der Waals surface area contributed by atoms with Crippen LogP contribution in [0, 0.1) is 6.92 Å². The van der Waals surface area contributed by atoms with Crippen LogP contribution in [0.5, 0.6) is 0 Å². The molecule has 0 saturated carbocycles. The number of carbonyl (C=O) groups is 1. The largest absolute Gasteiger partial charge is 0.478 e. The third-order valence-corrected chi connectivity index (χ3v) is 2.64. The normalized spacial score (nSPS) is 10.3. The summed E-state index contributed by atoms with van der Waals surface area (Å²) >= 11 is 1.25. The molecule has 2 N–H and O–H groups in total. The molecular formula is C9H8N4O2S. The predicted molar refractivity (Wildman–Crippen MR) is 56.4 cm³/mol. The SMILES string of the molecule is Cc1nc(Sc2ncc[nH]2)ncc1C(=O)O. The molecule has 0 aliphatic heterocycles. The number of H-pyrrole nitrogens is 1. The Kier molecular flexibility index (Phi) is 2.86. The van der Waals surface area contributed by atoms with Gasteiger partial charge in [-0.05, 0) is 18.7 Å². The van der Waals surface area contributed by atoms with Crippen molar-refractivity contribution in [1.29, 1.82) is 0 Å². The van der Waals surface area contributed by atoms with Crippen molar-refractivity contribution in [1.82, 2.24) is 19.9 Å². The number of imidazole rings is 1. The van der Waals surface area contributed by atoms with E-state index in [0.717, 1.165) is 0 Å². The number of aromatic amines is 1. The minimum Gasteiger partial charge on any atom is -0.478 e. The number of aromatic nitrogens is 4. The fraction of sp³-hybridized carbons (Fsp3) is 0.111. The first-order chi connectivity index (χ1) is 7.66. The van der Waals surface area contributed by atoms with Gasteiger partial charge in [0.2, 0.25) is 0 Å². The molecule has 0 aliphatic carbocycles. The molecule has 0 aromatic carbocycles. The highest BCUT2D eigenvalue weighted by atomic mass is 32.2. The number of nitrogens with one attached hydrogen (secondary N) is 1. The molecule has 7 heteroatoms. The highest BCUT2D eigenvalue weighted by Gasteiger charge is 2.10. The van der Waals surface area contributed by atoms with Crippen LogP contribution in [-0.2, 0) is 0 Å². The molecule has 82 valence electrons. The second-order valence-corrected chi connectivity index (χ2v) is 3.91. The third-order valence-electron chi connectivity index (χ3n) is 1.85. The number of aromatic carboxylic acids is 1. The summed E-state index contributed by atoms with van der Waals surface area (Å²) in [5, 5.41) is 9.95. The van der Waals surface area contributed by atoms with Gasteiger partial charge in [-0.1, -0.05) is 0 Å². The number of carboxylic acid groups (broad SMARTS) is 1. The summed E-state index contributed by atoms with van der Waals surface area (Å²) in [5.74, 6) is -1.02. The van der Waals surface area contributed by atoms with Crippen LogP contribution in [0.4, 0.5) is 0 Å². The Morgan fingerprint density at radius 3 is 2.88 bits per heavy atom. The minimum absolute atomic E-state index is 0.115. The Morgan fingerprint density at radius 1 is 1.50 bits per heavy atom. The first-order valence-electron chi connectivity index (χ1n) is 4.41. The number of carboxylic acids is 1. The topological polar surface area (TPSA) is 91.8 Å². The Balaban J connectivity index is 2.24. The van der Waals surface area contributed by atoms with Crippen molar-refractivity contribution in [2.45, 2.75) is 17.2 Å². The summed E-state index contributed by atoms with van der Waals surface area (Å²) in [6.45, 7) is 1.64. The van der Waals surface area contributed by atoms with Gasteiger partial charge in [0.05, 0.1) is 11.3 Å². The van der Waals surface area contributed by atoms with Crippen molar-refractivity contribution >= 4 is 17.7 Å². The monoisotopic (exact) mass is 236 g/mol. The zero-order chi connectivity index (χ0) is 11.5. The molecule has 0 atom stereocenters. The molecule has 0 bridgehead atoms. The third kappa shape index (κ3) is 2.19. The van der Waals surface area contributed by atoms with Crippen molar-refractivity contribution in [2.24, 2.45) is 0 Å². The van der Waals surface area contributed by atoms with Gasteiger partial charge < -0.3 is 10.1 Å². The molecule has 0 amide bonds. The van der Waals surface area contributed by atoms with Crippen LogP contribution in [0.1, 0.15) is 16.1 Å². The Labute approximate surface area is 95.2 Å². The summed E-state index contributed by atoms with van der Waals surface area (Å²) in [6.07, 6.45) is 4.62. The van der Waals surface area contributed by atoms with Crippen LogP contribution in [0.3, 0.4) is 0 Å². The maximum absolute atomic E-state index is 10.7. The number of aryl methyl sites for hydroxylation is 1. The molecule has 2 aromatic heterocycles. The van der Waals surface area contributed by atoms with Gasteiger partial charge in [-0.25, -0.2) is 19.7 Å². The smallest absolute Gasteiger partial charge is 0.339 e. The molecule has 0 saturated heterocycles. The van der Waals surface area contributed by atoms with E-state index >= 15 is 0 Å². The predicted octanol–water partition coefficient (Wildman–Crippen LogP) is 1.36. The van der Waals surface area contributed by atoms with E-state index in [0.29, 0.717) is 16.0 Å². The summed E-state index contributed by atoms with van der Waals surface area (Å²) in [6, 6.07) is 0. The second-order valence-electron chi connectivity index (χ2n) is 2.95. The molecule has 6 nitrogen and oxygen atoms in total.